The van der Waals surface area contributed by atoms with Crippen molar-refractivity contribution in [2.45, 2.75) is 36.7 Å². The first-order chi connectivity index (χ1) is 10.0. The van der Waals surface area contributed by atoms with Crippen LogP contribution in [0.25, 0.3) is 0 Å². The molecular weight excluding hydrogens is 360 g/mol. The summed E-state index contributed by atoms with van der Waals surface area (Å²) in [6, 6.07) is 2.13. The Morgan fingerprint density at radius 1 is 1.33 bits per heavy atom. The van der Waals surface area contributed by atoms with Gasteiger partial charge in [-0.25, -0.2) is 13.1 Å². The average Bonchev–Trinajstić information content (AvgIpc) is 2.97. The number of rotatable bonds is 7. The van der Waals surface area contributed by atoms with Crippen LogP contribution in [0, 0.1) is 5.92 Å². The van der Waals surface area contributed by atoms with Crippen LogP contribution in [0.15, 0.2) is 20.0 Å². The SMILES string of the molecule is O=S(=O)(NCC1CCOC1)c1cc(CNC2CC2)oc1Br. The number of hydrogen-bond acceptors (Lipinski definition) is 5. The zero-order chi connectivity index (χ0) is 14.9. The standard InChI is InChI=1S/C13H19BrN2O4S/c14-13-12(5-11(20-13)7-15-10-1-2-10)21(17,18)16-6-9-3-4-19-8-9/h5,9-10,15-16H,1-4,6-8H2. The van der Waals surface area contributed by atoms with Crippen LogP contribution in [0.1, 0.15) is 25.0 Å². The lowest BCUT2D eigenvalue weighted by Crippen LogP contribution is -2.29. The molecule has 1 saturated carbocycles. The molecule has 0 bridgehead atoms. The van der Waals surface area contributed by atoms with Crippen LogP contribution < -0.4 is 10.0 Å². The van der Waals surface area contributed by atoms with Crippen LogP contribution in [0.2, 0.25) is 0 Å². The van der Waals surface area contributed by atoms with E-state index in [1.807, 2.05) is 0 Å². The van der Waals surface area contributed by atoms with Crippen molar-refractivity contribution in [1.82, 2.24) is 10.0 Å². The van der Waals surface area contributed by atoms with Gasteiger partial charge in [-0.3, -0.25) is 0 Å². The van der Waals surface area contributed by atoms with Gasteiger partial charge in [0.15, 0.2) is 4.67 Å². The van der Waals surface area contributed by atoms with E-state index in [1.54, 1.807) is 6.07 Å². The van der Waals surface area contributed by atoms with Gasteiger partial charge in [0, 0.05) is 25.3 Å². The summed E-state index contributed by atoms with van der Waals surface area (Å²) in [5, 5.41) is 3.30. The van der Waals surface area contributed by atoms with Crippen molar-refractivity contribution in [2.24, 2.45) is 5.92 Å². The zero-order valence-electron chi connectivity index (χ0n) is 11.6. The second-order valence-corrected chi connectivity index (χ2v) is 8.04. The maximum Gasteiger partial charge on any atom is 0.244 e. The summed E-state index contributed by atoms with van der Waals surface area (Å²) in [6.45, 7) is 2.27. The van der Waals surface area contributed by atoms with Crippen LogP contribution in [0.3, 0.4) is 0 Å². The molecule has 3 rings (SSSR count). The molecule has 0 spiro atoms. The van der Waals surface area contributed by atoms with Crippen molar-refractivity contribution in [3.05, 3.63) is 16.5 Å². The molecule has 2 heterocycles. The molecule has 2 fully saturated rings. The Bertz CT molecular complexity index is 591. The fraction of sp³-hybridized carbons (Fsp3) is 0.692. The average molecular weight is 379 g/mol. The summed E-state index contributed by atoms with van der Waals surface area (Å²) in [5.74, 6) is 0.875. The maximum atomic E-state index is 12.3. The largest absolute Gasteiger partial charge is 0.452 e. The lowest BCUT2D eigenvalue weighted by Gasteiger charge is -2.09. The number of sulfonamides is 1. The van der Waals surface area contributed by atoms with Gasteiger partial charge in [0.25, 0.3) is 0 Å². The Hall–Kier alpha value is -0.410. The highest BCUT2D eigenvalue weighted by atomic mass is 79.9. The molecule has 1 atom stereocenters. The molecule has 1 aliphatic heterocycles. The molecule has 1 aromatic rings. The van der Waals surface area contributed by atoms with Gasteiger partial charge in [-0.15, -0.1) is 0 Å². The Balaban J connectivity index is 1.62. The third-order valence-electron chi connectivity index (χ3n) is 3.72. The number of ether oxygens (including phenoxy) is 1. The van der Waals surface area contributed by atoms with Crippen molar-refractivity contribution >= 4 is 26.0 Å². The number of halogens is 1. The predicted molar refractivity (Wildman–Crippen MR) is 80.4 cm³/mol. The fourth-order valence-corrected chi connectivity index (χ4v) is 4.36. The monoisotopic (exact) mass is 378 g/mol. The van der Waals surface area contributed by atoms with Gasteiger partial charge in [-0.05, 0) is 41.1 Å². The van der Waals surface area contributed by atoms with E-state index in [2.05, 4.69) is 26.0 Å². The lowest BCUT2D eigenvalue weighted by molar-refractivity contribution is 0.186. The van der Waals surface area contributed by atoms with Crippen LogP contribution in [-0.4, -0.2) is 34.2 Å². The van der Waals surface area contributed by atoms with Gasteiger partial charge in [0.1, 0.15) is 10.7 Å². The molecule has 0 amide bonds. The van der Waals surface area contributed by atoms with E-state index < -0.39 is 10.0 Å². The minimum atomic E-state index is -3.55. The van der Waals surface area contributed by atoms with E-state index in [-0.39, 0.29) is 15.5 Å². The maximum absolute atomic E-state index is 12.3. The topological polar surface area (TPSA) is 80.6 Å². The smallest absolute Gasteiger partial charge is 0.244 e. The van der Waals surface area contributed by atoms with Crippen LogP contribution in [0.5, 0.6) is 0 Å². The first-order valence-electron chi connectivity index (χ1n) is 7.13. The third-order valence-corrected chi connectivity index (χ3v) is 6.00. The van der Waals surface area contributed by atoms with Crippen molar-refractivity contribution < 1.29 is 17.6 Å². The van der Waals surface area contributed by atoms with Crippen molar-refractivity contribution in [3.8, 4) is 0 Å². The molecule has 1 unspecified atom stereocenters. The van der Waals surface area contributed by atoms with Gasteiger partial charge >= 0.3 is 0 Å². The summed E-state index contributed by atoms with van der Waals surface area (Å²) in [5.41, 5.74) is 0. The van der Waals surface area contributed by atoms with Crippen molar-refractivity contribution in [3.63, 3.8) is 0 Å². The van der Waals surface area contributed by atoms with E-state index in [4.69, 9.17) is 9.15 Å². The molecule has 1 saturated heterocycles. The lowest BCUT2D eigenvalue weighted by atomic mass is 10.1. The van der Waals surface area contributed by atoms with Gasteiger partial charge in [-0.2, -0.15) is 0 Å². The Morgan fingerprint density at radius 3 is 2.81 bits per heavy atom. The zero-order valence-corrected chi connectivity index (χ0v) is 14.0. The van der Waals surface area contributed by atoms with Gasteiger partial charge in [0.05, 0.1) is 13.2 Å². The molecule has 1 aromatic heterocycles. The number of furan rings is 1. The van der Waals surface area contributed by atoms with E-state index >= 15 is 0 Å². The number of hydrogen-bond donors (Lipinski definition) is 2. The van der Waals surface area contributed by atoms with Gasteiger partial charge in [0.2, 0.25) is 10.0 Å². The highest BCUT2D eigenvalue weighted by Gasteiger charge is 2.26. The minimum Gasteiger partial charge on any atom is -0.452 e. The van der Waals surface area contributed by atoms with Crippen LogP contribution in [0.4, 0.5) is 0 Å². The highest BCUT2D eigenvalue weighted by Crippen LogP contribution is 2.27. The third kappa shape index (κ3) is 4.07. The molecule has 2 N–H and O–H groups in total. The van der Waals surface area contributed by atoms with Crippen LogP contribution >= 0.6 is 15.9 Å². The second-order valence-electron chi connectivity index (χ2n) is 5.59. The van der Waals surface area contributed by atoms with E-state index in [0.29, 0.717) is 38.1 Å². The van der Waals surface area contributed by atoms with Crippen molar-refractivity contribution in [2.75, 3.05) is 19.8 Å². The first kappa shape index (κ1) is 15.5. The summed E-state index contributed by atoms with van der Waals surface area (Å²) in [4.78, 5) is 0.161. The molecule has 1 aliphatic carbocycles. The Kier molecular flexibility index (Phi) is 4.70. The fourth-order valence-electron chi connectivity index (χ4n) is 2.25. The highest BCUT2D eigenvalue weighted by molar-refractivity contribution is 9.10. The quantitative estimate of drug-likeness (QED) is 0.753. The second kappa shape index (κ2) is 6.37. The van der Waals surface area contributed by atoms with E-state index in [1.165, 1.54) is 12.8 Å². The molecule has 0 radical (unpaired) electrons. The number of nitrogens with one attached hydrogen (secondary N) is 2. The van der Waals surface area contributed by atoms with E-state index in [0.717, 1.165) is 6.42 Å². The van der Waals surface area contributed by atoms with Crippen LogP contribution in [-0.2, 0) is 21.3 Å². The summed E-state index contributed by atoms with van der Waals surface area (Å²) < 4.78 is 38.2. The first-order valence-corrected chi connectivity index (χ1v) is 9.41. The van der Waals surface area contributed by atoms with Crippen molar-refractivity contribution in [1.29, 1.82) is 0 Å². The summed E-state index contributed by atoms with van der Waals surface area (Å²) in [7, 11) is -3.55. The minimum absolute atomic E-state index is 0.161. The van der Waals surface area contributed by atoms with E-state index in [9.17, 15) is 8.42 Å². The molecule has 118 valence electrons. The molecule has 2 aliphatic rings. The van der Waals surface area contributed by atoms with Gasteiger partial charge < -0.3 is 14.5 Å². The van der Waals surface area contributed by atoms with Gasteiger partial charge in [-0.1, -0.05) is 0 Å². The molecular formula is C13H19BrN2O4S. The normalized spacial score (nSPS) is 22.8. The Morgan fingerprint density at radius 2 is 2.14 bits per heavy atom. The Labute approximate surface area is 132 Å². The summed E-state index contributed by atoms with van der Waals surface area (Å²) in [6.07, 6.45) is 3.25. The molecule has 21 heavy (non-hydrogen) atoms. The molecule has 0 aromatic carbocycles. The summed E-state index contributed by atoms with van der Waals surface area (Å²) >= 11 is 3.19. The predicted octanol–water partition coefficient (Wildman–Crippen LogP) is 1.61. The molecule has 6 nitrogen and oxygen atoms in total. The molecule has 8 heteroatoms.